The summed E-state index contributed by atoms with van der Waals surface area (Å²) in [5.74, 6) is 0. The van der Waals surface area contributed by atoms with Crippen LogP contribution in [0.5, 0.6) is 0 Å². The number of benzene rings is 1. The lowest BCUT2D eigenvalue weighted by Gasteiger charge is -2.27. The van der Waals surface area contributed by atoms with Gasteiger partial charge in [0.25, 0.3) is 0 Å². The fraction of sp³-hybridized carbons (Fsp3) is 0.571. The lowest BCUT2D eigenvalue weighted by atomic mass is 10.1. The van der Waals surface area contributed by atoms with E-state index in [1.165, 1.54) is 0 Å². The topological polar surface area (TPSA) is 47.9 Å². The van der Waals surface area contributed by atoms with Gasteiger partial charge in [0, 0.05) is 25.7 Å². The molecule has 2 rings (SSSR count). The number of aliphatic hydroxyl groups is 1. The molecule has 4 nitrogen and oxygen atoms in total. The van der Waals surface area contributed by atoms with Crippen LogP contribution in [0.2, 0.25) is 0 Å². The summed E-state index contributed by atoms with van der Waals surface area (Å²) in [5, 5.41) is 9.55. The number of hydrogen-bond acceptors (Lipinski definition) is 4. The monoisotopic (exact) mass is 252 g/mol. The number of ether oxygens (including phenoxy) is 3. The summed E-state index contributed by atoms with van der Waals surface area (Å²) in [4.78, 5) is 0. The Morgan fingerprint density at radius 2 is 2.17 bits per heavy atom. The van der Waals surface area contributed by atoms with Crippen molar-refractivity contribution in [3.05, 3.63) is 35.9 Å². The quantitative estimate of drug-likeness (QED) is 0.813. The van der Waals surface area contributed by atoms with Gasteiger partial charge in [-0.05, 0) is 6.42 Å². The molecule has 0 amide bonds. The van der Waals surface area contributed by atoms with Crippen molar-refractivity contribution < 1.29 is 19.3 Å². The van der Waals surface area contributed by atoms with E-state index in [9.17, 15) is 5.11 Å². The summed E-state index contributed by atoms with van der Waals surface area (Å²) < 4.78 is 16.6. The second-order valence-electron chi connectivity index (χ2n) is 4.48. The van der Waals surface area contributed by atoms with Gasteiger partial charge in [0.2, 0.25) is 0 Å². The van der Waals surface area contributed by atoms with Crippen LogP contribution in [0.15, 0.2) is 30.3 Å². The average molecular weight is 252 g/mol. The van der Waals surface area contributed by atoms with E-state index in [2.05, 4.69) is 0 Å². The van der Waals surface area contributed by atoms with Crippen LogP contribution in [0.1, 0.15) is 24.7 Å². The minimum absolute atomic E-state index is 0.0462. The van der Waals surface area contributed by atoms with Crippen molar-refractivity contribution in [1.82, 2.24) is 0 Å². The molecule has 1 aromatic carbocycles. The Labute approximate surface area is 107 Å². The van der Waals surface area contributed by atoms with Gasteiger partial charge in [-0.15, -0.1) is 0 Å². The summed E-state index contributed by atoms with van der Waals surface area (Å²) in [6.45, 7) is 1.03. The van der Waals surface area contributed by atoms with Crippen LogP contribution < -0.4 is 0 Å². The van der Waals surface area contributed by atoms with E-state index in [-0.39, 0.29) is 18.5 Å². The van der Waals surface area contributed by atoms with Crippen LogP contribution >= 0.6 is 0 Å². The van der Waals surface area contributed by atoms with Crippen LogP contribution in [0.25, 0.3) is 0 Å². The van der Waals surface area contributed by atoms with Crippen molar-refractivity contribution in [2.45, 2.75) is 31.3 Å². The molecule has 1 heterocycles. The predicted octanol–water partition coefficient (Wildman–Crippen LogP) is 1.89. The fourth-order valence-electron chi connectivity index (χ4n) is 2.08. The molecule has 0 aliphatic carbocycles. The van der Waals surface area contributed by atoms with Crippen LogP contribution in [0, 0.1) is 0 Å². The summed E-state index contributed by atoms with van der Waals surface area (Å²) in [7, 11) is 1.62. The largest absolute Gasteiger partial charge is 0.393 e. The smallest absolute Gasteiger partial charge is 0.183 e. The van der Waals surface area contributed by atoms with E-state index in [1.54, 1.807) is 7.11 Å². The lowest BCUT2D eigenvalue weighted by Crippen LogP contribution is -2.32. The molecule has 100 valence electrons. The molecule has 4 heteroatoms. The summed E-state index contributed by atoms with van der Waals surface area (Å²) in [6, 6.07) is 9.78. The highest BCUT2D eigenvalue weighted by molar-refractivity contribution is 5.15. The molecule has 18 heavy (non-hydrogen) atoms. The maximum atomic E-state index is 9.55. The zero-order valence-corrected chi connectivity index (χ0v) is 10.6. The van der Waals surface area contributed by atoms with Crippen LogP contribution in [0.3, 0.4) is 0 Å². The Balaban J connectivity index is 1.84. The van der Waals surface area contributed by atoms with Crippen molar-refractivity contribution >= 4 is 0 Å². The van der Waals surface area contributed by atoms with Crippen molar-refractivity contribution in [3.63, 3.8) is 0 Å². The first-order valence-electron chi connectivity index (χ1n) is 6.28. The minimum atomic E-state index is -0.381. The van der Waals surface area contributed by atoms with E-state index in [4.69, 9.17) is 14.2 Å². The fourth-order valence-corrected chi connectivity index (χ4v) is 2.08. The van der Waals surface area contributed by atoms with Gasteiger partial charge < -0.3 is 19.3 Å². The molecule has 3 unspecified atom stereocenters. The number of aliphatic hydroxyl groups excluding tert-OH is 1. The molecular formula is C14H20O4. The summed E-state index contributed by atoms with van der Waals surface area (Å²) >= 11 is 0. The number of methoxy groups -OCH3 is 1. The van der Waals surface area contributed by atoms with Gasteiger partial charge in [-0.2, -0.15) is 0 Å². The van der Waals surface area contributed by atoms with E-state index in [1.807, 2.05) is 30.3 Å². The van der Waals surface area contributed by atoms with Gasteiger partial charge in [-0.3, -0.25) is 0 Å². The zero-order chi connectivity index (χ0) is 12.8. The van der Waals surface area contributed by atoms with Gasteiger partial charge in [-0.25, -0.2) is 0 Å². The standard InChI is InChI=1S/C14H20O4/c1-16-14(11-5-3-2-4-6-11)18-10-13-9-12(15)7-8-17-13/h2-6,12-15H,7-10H2,1H3. The van der Waals surface area contributed by atoms with E-state index >= 15 is 0 Å². The molecular weight excluding hydrogens is 232 g/mol. The molecule has 0 aromatic heterocycles. The molecule has 1 aromatic rings. The van der Waals surface area contributed by atoms with E-state index in [0.717, 1.165) is 5.56 Å². The molecule has 0 bridgehead atoms. The second kappa shape index (κ2) is 6.85. The van der Waals surface area contributed by atoms with Crippen molar-refractivity contribution in [3.8, 4) is 0 Å². The third-order valence-electron chi connectivity index (χ3n) is 3.06. The van der Waals surface area contributed by atoms with Gasteiger partial charge in [0.15, 0.2) is 6.29 Å². The molecule has 1 N–H and O–H groups in total. The average Bonchev–Trinajstić information content (AvgIpc) is 2.41. The third-order valence-corrected chi connectivity index (χ3v) is 3.06. The van der Waals surface area contributed by atoms with Crippen molar-refractivity contribution in [2.24, 2.45) is 0 Å². The highest BCUT2D eigenvalue weighted by Crippen LogP contribution is 2.20. The van der Waals surface area contributed by atoms with Crippen LogP contribution in [-0.2, 0) is 14.2 Å². The van der Waals surface area contributed by atoms with Gasteiger partial charge in [0.05, 0.1) is 18.8 Å². The van der Waals surface area contributed by atoms with Gasteiger partial charge in [0.1, 0.15) is 0 Å². The third kappa shape index (κ3) is 3.78. The highest BCUT2D eigenvalue weighted by atomic mass is 16.7. The van der Waals surface area contributed by atoms with Gasteiger partial charge >= 0.3 is 0 Å². The Kier molecular flexibility index (Phi) is 5.13. The molecule has 1 saturated heterocycles. The lowest BCUT2D eigenvalue weighted by molar-refractivity contribution is -0.164. The molecule has 0 spiro atoms. The molecule has 3 atom stereocenters. The second-order valence-corrected chi connectivity index (χ2v) is 4.48. The highest BCUT2D eigenvalue weighted by Gasteiger charge is 2.22. The summed E-state index contributed by atoms with van der Waals surface area (Å²) in [6.07, 6.45) is 0.641. The number of rotatable bonds is 5. The molecule has 0 saturated carbocycles. The summed E-state index contributed by atoms with van der Waals surface area (Å²) in [5.41, 5.74) is 0.983. The molecule has 1 aliphatic heterocycles. The first-order chi connectivity index (χ1) is 8.79. The molecule has 0 radical (unpaired) electrons. The predicted molar refractivity (Wildman–Crippen MR) is 67.1 cm³/mol. The first-order valence-corrected chi connectivity index (χ1v) is 6.28. The Hall–Kier alpha value is -0.940. The van der Waals surface area contributed by atoms with Crippen molar-refractivity contribution in [2.75, 3.05) is 20.3 Å². The van der Waals surface area contributed by atoms with Crippen LogP contribution in [-0.4, -0.2) is 37.6 Å². The van der Waals surface area contributed by atoms with Gasteiger partial charge in [-0.1, -0.05) is 30.3 Å². The normalized spacial score (nSPS) is 25.9. The van der Waals surface area contributed by atoms with E-state index < -0.39 is 0 Å². The Bertz CT molecular complexity index is 341. The SMILES string of the molecule is COC(OCC1CC(O)CCO1)c1ccccc1. The first kappa shape index (κ1) is 13.5. The maximum Gasteiger partial charge on any atom is 0.183 e. The Morgan fingerprint density at radius 1 is 1.39 bits per heavy atom. The minimum Gasteiger partial charge on any atom is -0.393 e. The van der Waals surface area contributed by atoms with Crippen LogP contribution in [0.4, 0.5) is 0 Å². The van der Waals surface area contributed by atoms with Crippen molar-refractivity contribution in [1.29, 1.82) is 0 Å². The maximum absolute atomic E-state index is 9.55. The molecule has 1 aliphatic rings. The molecule has 1 fully saturated rings. The Morgan fingerprint density at radius 3 is 2.83 bits per heavy atom. The zero-order valence-electron chi connectivity index (χ0n) is 10.6. The van der Waals surface area contributed by atoms with E-state index in [0.29, 0.717) is 26.1 Å². The number of hydrogen-bond donors (Lipinski definition) is 1.